The molecule has 0 aliphatic carbocycles. The van der Waals surface area contributed by atoms with Crippen molar-refractivity contribution in [2.45, 2.75) is 13.1 Å². The van der Waals surface area contributed by atoms with Crippen LogP contribution in [0.1, 0.15) is 16.7 Å². The van der Waals surface area contributed by atoms with Gasteiger partial charge in [-0.25, -0.2) is 0 Å². The number of hydrogen-bond donors (Lipinski definition) is 2. The van der Waals surface area contributed by atoms with Crippen LogP contribution in [0.3, 0.4) is 0 Å². The highest BCUT2D eigenvalue weighted by molar-refractivity contribution is 5.79. The summed E-state index contributed by atoms with van der Waals surface area (Å²) in [6, 6.07) is 15.3. The van der Waals surface area contributed by atoms with Crippen LogP contribution in [0.15, 0.2) is 47.5 Å². The first kappa shape index (κ1) is 18.1. The quantitative estimate of drug-likeness (QED) is 0.625. The van der Waals surface area contributed by atoms with Crippen molar-refractivity contribution >= 4 is 5.96 Å². The third kappa shape index (κ3) is 5.15. The average molecular weight is 338 g/mol. The number of nitrogens with zero attached hydrogens (tertiary/aromatic N) is 2. The number of nitrogens with one attached hydrogen (secondary N) is 2. The van der Waals surface area contributed by atoms with E-state index in [-0.39, 0.29) is 0 Å². The Hall–Kier alpha value is -3.20. The lowest BCUT2D eigenvalue weighted by molar-refractivity contribution is 0.390. The Labute approximate surface area is 148 Å². The van der Waals surface area contributed by atoms with Gasteiger partial charge >= 0.3 is 0 Å². The number of ether oxygens (including phenoxy) is 2. The number of nitriles is 1. The SMILES string of the molecule is CN=C(NCc1ccc(C#N)cc1)NCc1ccc(OC)cc1OC. The van der Waals surface area contributed by atoms with Crippen LogP contribution < -0.4 is 20.1 Å². The lowest BCUT2D eigenvalue weighted by atomic mass is 10.1. The van der Waals surface area contributed by atoms with E-state index in [1.807, 2.05) is 30.3 Å². The Balaban J connectivity index is 1.93. The maximum Gasteiger partial charge on any atom is 0.191 e. The van der Waals surface area contributed by atoms with Gasteiger partial charge in [0.25, 0.3) is 0 Å². The summed E-state index contributed by atoms with van der Waals surface area (Å²) in [7, 11) is 4.98. The van der Waals surface area contributed by atoms with E-state index in [0.717, 1.165) is 22.6 Å². The average Bonchev–Trinajstić information content (AvgIpc) is 2.68. The van der Waals surface area contributed by atoms with Crippen LogP contribution in [0.5, 0.6) is 11.5 Å². The molecule has 0 fully saturated rings. The summed E-state index contributed by atoms with van der Waals surface area (Å²) in [5, 5.41) is 15.3. The summed E-state index contributed by atoms with van der Waals surface area (Å²) in [4.78, 5) is 4.22. The molecule has 0 aliphatic heterocycles. The van der Waals surface area contributed by atoms with Gasteiger partial charge in [-0.15, -0.1) is 0 Å². The third-order valence-corrected chi connectivity index (χ3v) is 3.71. The fraction of sp³-hybridized carbons (Fsp3) is 0.263. The van der Waals surface area contributed by atoms with Gasteiger partial charge in [0, 0.05) is 31.8 Å². The maximum atomic E-state index is 8.83. The predicted molar refractivity (Wildman–Crippen MR) is 97.7 cm³/mol. The van der Waals surface area contributed by atoms with E-state index in [9.17, 15) is 0 Å². The molecule has 2 aromatic rings. The highest BCUT2D eigenvalue weighted by Gasteiger charge is 2.06. The Morgan fingerprint density at radius 2 is 1.76 bits per heavy atom. The number of methoxy groups -OCH3 is 2. The molecule has 130 valence electrons. The molecule has 0 radical (unpaired) electrons. The molecular formula is C19H22N4O2. The monoisotopic (exact) mass is 338 g/mol. The van der Waals surface area contributed by atoms with E-state index in [4.69, 9.17) is 14.7 Å². The van der Waals surface area contributed by atoms with E-state index < -0.39 is 0 Å². The zero-order chi connectivity index (χ0) is 18.1. The summed E-state index contributed by atoms with van der Waals surface area (Å²) in [5.74, 6) is 2.19. The summed E-state index contributed by atoms with van der Waals surface area (Å²) < 4.78 is 10.6. The molecule has 0 saturated heterocycles. The number of hydrogen-bond acceptors (Lipinski definition) is 4. The number of aliphatic imine (C=N–C) groups is 1. The van der Waals surface area contributed by atoms with Crippen molar-refractivity contribution in [3.05, 3.63) is 59.2 Å². The van der Waals surface area contributed by atoms with Crippen molar-refractivity contribution in [2.24, 2.45) is 4.99 Å². The van der Waals surface area contributed by atoms with Crippen molar-refractivity contribution in [1.29, 1.82) is 5.26 Å². The predicted octanol–water partition coefficient (Wildman–Crippen LogP) is 2.44. The van der Waals surface area contributed by atoms with Crippen LogP contribution in [-0.2, 0) is 13.1 Å². The first-order chi connectivity index (χ1) is 12.2. The minimum Gasteiger partial charge on any atom is -0.497 e. The fourth-order valence-corrected chi connectivity index (χ4v) is 2.28. The summed E-state index contributed by atoms with van der Waals surface area (Å²) in [5.41, 5.74) is 2.73. The molecule has 0 unspecified atom stereocenters. The van der Waals surface area contributed by atoms with Crippen LogP contribution >= 0.6 is 0 Å². The van der Waals surface area contributed by atoms with Gasteiger partial charge in [-0.1, -0.05) is 12.1 Å². The number of benzene rings is 2. The van der Waals surface area contributed by atoms with E-state index in [2.05, 4.69) is 21.7 Å². The van der Waals surface area contributed by atoms with Gasteiger partial charge in [-0.2, -0.15) is 5.26 Å². The molecule has 0 amide bonds. The topological polar surface area (TPSA) is 78.7 Å². The van der Waals surface area contributed by atoms with Crippen LogP contribution in [0.25, 0.3) is 0 Å². The molecule has 2 rings (SSSR count). The molecular weight excluding hydrogens is 316 g/mol. The number of guanidine groups is 1. The molecule has 6 heteroatoms. The molecule has 0 aromatic heterocycles. The molecule has 0 atom stereocenters. The van der Waals surface area contributed by atoms with Gasteiger partial charge in [-0.3, -0.25) is 4.99 Å². The van der Waals surface area contributed by atoms with Gasteiger partial charge in [0.15, 0.2) is 5.96 Å². The molecule has 0 aliphatic rings. The van der Waals surface area contributed by atoms with Crippen molar-refractivity contribution < 1.29 is 9.47 Å². The van der Waals surface area contributed by atoms with Gasteiger partial charge in [0.05, 0.1) is 25.9 Å². The van der Waals surface area contributed by atoms with E-state index in [1.165, 1.54) is 0 Å². The summed E-state index contributed by atoms with van der Waals surface area (Å²) >= 11 is 0. The largest absolute Gasteiger partial charge is 0.497 e. The highest BCUT2D eigenvalue weighted by Crippen LogP contribution is 2.24. The molecule has 0 saturated carbocycles. The first-order valence-corrected chi connectivity index (χ1v) is 7.84. The number of rotatable bonds is 6. The van der Waals surface area contributed by atoms with Crippen molar-refractivity contribution in [1.82, 2.24) is 10.6 Å². The Kier molecular flexibility index (Phi) is 6.66. The minimum absolute atomic E-state index is 0.570. The second kappa shape index (κ2) is 9.18. The van der Waals surface area contributed by atoms with Crippen LogP contribution in [0.2, 0.25) is 0 Å². The van der Waals surface area contributed by atoms with Crippen LogP contribution in [0, 0.1) is 11.3 Å². The Bertz CT molecular complexity index is 764. The van der Waals surface area contributed by atoms with E-state index in [1.54, 1.807) is 33.4 Å². The maximum absolute atomic E-state index is 8.83. The minimum atomic E-state index is 0.570. The molecule has 6 nitrogen and oxygen atoms in total. The summed E-state index contributed by atoms with van der Waals surface area (Å²) in [6.45, 7) is 1.19. The van der Waals surface area contributed by atoms with Crippen molar-refractivity contribution in [2.75, 3.05) is 21.3 Å². The van der Waals surface area contributed by atoms with E-state index in [0.29, 0.717) is 24.6 Å². The van der Waals surface area contributed by atoms with Gasteiger partial charge in [0.2, 0.25) is 0 Å². The van der Waals surface area contributed by atoms with Crippen LogP contribution in [0.4, 0.5) is 0 Å². The zero-order valence-corrected chi connectivity index (χ0v) is 14.7. The smallest absolute Gasteiger partial charge is 0.191 e. The Morgan fingerprint density at radius 1 is 1.04 bits per heavy atom. The molecule has 0 heterocycles. The second-order valence-electron chi connectivity index (χ2n) is 5.27. The molecule has 2 N–H and O–H groups in total. The van der Waals surface area contributed by atoms with Crippen molar-refractivity contribution in [3.8, 4) is 17.6 Å². The first-order valence-electron chi connectivity index (χ1n) is 7.84. The van der Waals surface area contributed by atoms with Gasteiger partial charge in [-0.05, 0) is 29.8 Å². The second-order valence-corrected chi connectivity index (χ2v) is 5.27. The molecule has 2 aromatic carbocycles. The van der Waals surface area contributed by atoms with Crippen molar-refractivity contribution in [3.63, 3.8) is 0 Å². The Morgan fingerprint density at radius 3 is 2.36 bits per heavy atom. The summed E-state index contributed by atoms with van der Waals surface area (Å²) in [6.07, 6.45) is 0. The normalized spacial score (nSPS) is 10.7. The lowest BCUT2D eigenvalue weighted by Gasteiger charge is -2.14. The van der Waals surface area contributed by atoms with Gasteiger partial charge < -0.3 is 20.1 Å². The standard InChI is InChI=1S/C19H22N4O2/c1-21-19(22-12-15-6-4-14(11-20)5-7-15)23-13-16-8-9-17(24-2)10-18(16)25-3/h4-10H,12-13H2,1-3H3,(H2,21,22,23). The molecule has 0 spiro atoms. The van der Waals surface area contributed by atoms with Gasteiger partial charge in [0.1, 0.15) is 11.5 Å². The highest BCUT2D eigenvalue weighted by atomic mass is 16.5. The lowest BCUT2D eigenvalue weighted by Crippen LogP contribution is -2.36. The fourth-order valence-electron chi connectivity index (χ4n) is 2.28. The molecule has 25 heavy (non-hydrogen) atoms. The zero-order valence-electron chi connectivity index (χ0n) is 14.7. The van der Waals surface area contributed by atoms with E-state index >= 15 is 0 Å². The third-order valence-electron chi connectivity index (χ3n) is 3.71. The van der Waals surface area contributed by atoms with Crippen LogP contribution in [-0.4, -0.2) is 27.2 Å². The molecule has 0 bridgehead atoms.